The summed E-state index contributed by atoms with van der Waals surface area (Å²) in [5, 5.41) is 4.63. The van der Waals surface area contributed by atoms with Crippen LogP contribution in [0.4, 0.5) is 0 Å². The number of halogens is 1. The second-order valence-electron chi connectivity index (χ2n) is 4.96. The van der Waals surface area contributed by atoms with Gasteiger partial charge in [-0.3, -0.25) is 0 Å². The molecular weight excluding hydrogens is 314 g/mol. The van der Waals surface area contributed by atoms with Gasteiger partial charge in [0.1, 0.15) is 19.3 Å². The Labute approximate surface area is 138 Å². The zero-order chi connectivity index (χ0) is 16.1. The summed E-state index contributed by atoms with van der Waals surface area (Å²) in [6.45, 7) is 0.758. The first-order chi connectivity index (χ1) is 11.2. The third-order valence-electron chi connectivity index (χ3n) is 3.32. The summed E-state index contributed by atoms with van der Waals surface area (Å²) in [5.74, 6) is -0.378. The van der Waals surface area contributed by atoms with Gasteiger partial charge in [-0.2, -0.15) is 5.10 Å². The zero-order valence-electron chi connectivity index (χ0n) is 12.2. The highest BCUT2D eigenvalue weighted by molar-refractivity contribution is 6.31. The van der Waals surface area contributed by atoms with Crippen molar-refractivity contribution in [1.82, 2.24) is 14.8 Å². The molecule has 0 amide bonds. The topological polar surface area (TPSA) is 57.0 Å². The molecule has 2 aromatic carbocycles. The third kappa shape index (κ3) is 3.96. The van der Waals surface area contributed by atoms with Crippen LogP contribution in [0.3, 0.4) is 0 Å². The number of carbonyl (C=O) groups is 1. The monoisotopic (exact) mass is 327 g/mol. The molecule has 0 bridgehead atoms. The molecule has 0 saturated carbocycles. The van der Waals surface area contributed by atoms with Gasteiger partial charge in [0.2, 0.25) is 0 Å². The molecule has 116 valence electrons. The number of hydrogen-bond acceptors (Lipinski definition) is 4. The summed E-state index contributed by atoms with van der Waals surface area (Å²) in [4.78, 5) is 16.0. The number of ether oxygens (including phenoxy) is 1. The predicted octanol–water partition coefficient (Wildman–Crippen LogP) is 3.34. The molecule has 0 aliphatic heterocycles. The minimum absolute atomic E-state index is 0.152. The summed E-state index contributed by atoms with van der Waals surface area (Å²) >= 11 is 6.04. The standard InChI is InChI=1S/C17H14ClN3O2/c18-16-4-2-1-3-15(16)10-23-17(22)14-7-5-13(6-8-14)9-21-12-19-11-20-21/h1-8,11-12H,9-10H2. The van der Waals surface area contributed by atoms with Crippen LogP contribution in [-0.2, 0) is 17.9 Å². The van der Waals surface area contributed by atoms with Gasteiger partial charge in [0.15, 0.2) is 0 Å². The first-order valence-electron chi connectivity index (χ1n) is 7.04. The summed E-state index contributed by atoms with van der Waals surface area (Å²) in [6, 6.07) is 14.5. The lowest BCUT2D eigenvalue weighted by molar-refractivity contribution is 0.0473. The highest BCUT2D eigenvalue weighted by Crippen LogP contribution is 2.16. The summed E-state index contributed by atoms with van der Waals surface area (Å²) < 4.78 is 7.00. The lowest BCUT2D eigenvalue weighted by atomic mass is 10.1. The number of esters is 1. The average Bonchev–Trinajstić information content (AvgIpc) is 3.07. The predicted molar refractivity (Wildman–Crippen MR) is 86.1 cm³/mol. The zero-order valence-corrected chi connectivity index (χ0v) is 13.0. The van der Waals surface area contributed by atoms with Crippen molar-refractivity contribution in [2.24, 2.45) is 0 Å². The van der Waals surface area contributed by atoms with Crippen molar-refractivity contribution < 1.29 is 9.53 Å². The molecule has 0 fully saturated rings. The van der Waals surface area contributed by atoms with Crippen molar-refractivity contribution in [2.75, 3.05) is 0 Å². The van der Waals surface area contributed by atoms with Crippen LogP contribution >= 0.6 is 11.6 Å². The summed E-state index contributed by atoms with van der Waals surface area (Å²) in [7, 11) is 0. The molecule has 0 radical (unpaired) electrons. The lowest BCUT2D eigenvalue weighted by Gasteiger charge is -2.07. The maximum absolute atomic E-state index is 12.1. The van der Waals surface area contributed by atoms with Crippen LogP contribution in [0.15, 0.2) is 61.2 Å². The summed E-state index contributed by atoms with van der Waals surface area (Å²) in [6.07, 6.45) is 3.13. The van der Waals surface area contributed by atoms with E-state index in [0.717, 1.165) is 11.1 Å². The number of aromatic nitrogens is 3. The van der Waals surface area contributed by atoms with Crippen LogP contribution in [0.25, 0.3) is 0 Å². The van der Waals surface area contributed by atoms with Gasteiger partial charge in [0, 0.05) is 10.6 Å². The Morgan fingerprint density at radius 3 is 2.61 bits per heavy atom. The molecule has 0 atom stereocenters. The molecule has 23 heavy (non-hydrogen) atoms. The van der Waals surface area contributed by atoms with Crippen molar-refractivity contribution in [3.05, 3.63) is 82.9 Å². The van der Waals surface area contributed by atoms with Gasteiger partial charge < -0.3 is 4.74 Å². The number of rotatable bonds is 5. The minimum Gasteiger partial charge on any atom is -0.457 e. The van der Waals surface area contributed by atoms with E-state index in [0.29, 0.717) is 17.1 Å². The maximum atomic E-state index is 12.1. The highest BCUT2D eigenvalue weighted by atomic mass is 35.5. The van der Waals surface area contributed by atoms with Crippen LogP contribution in [0.2, 0.25) is 5.02 Å². The van der Waals surface area contributed by atoms with Crippen LogP contribution in [0.5, 0.6) is 0 Å². The highest BCUT2D eigenvalue weighted by Gasteiger charge is 2.09. The number of carbonyl (C=O) groups excluding carboxylic acids is 1. The van der Waals surface area contributed by atoms with Crippen molar-refractivity contribution in [3.8, 4) is 0 Å². The van der Waals surface area contributed by atoms with E-state index in [2.05, 4.69) is 10.1 Å². The maximum Gasteiger partial charge on any atom is 0.338 e. The van der Waals surface area contributed by atoms with Gasteiger partial charge in [-0.05, 0) is 23.8 Å². The fourth-order valence-electron chi connectivity index (χ4n) is 2.09. The van der Waals surface area contributed by atoms with E-state index in [1.165, 1.54) is 6.33 Å². The van der Waals surface area contributed by atoms with E-state index in [4.69, 9.17) is 16.3 Å². The molecule has 6 heteroatoms. The fraction of sp³-hybridized carbons (Fsp3) is 0.118. The average molecular weight is 328 g/mol. The molecule has 3 rings (SSSR count). The third-order valence-corrected chi connectivity index (χ3v) is 3.69. The van der Waals surface area contributed by atoms with E-state index in [9.17, 15) is 4.79 Å². The molecular formula is C17H14ClN3O2. The lowest BCUT2D eigenvalue weighted by Crippen LogP contribution is -2.06. The van der Waals surface area contributed by atoms with Crippen LogP contribution < -0.4 is 0 Å². The Morgan fingerprint density at radius 2 is 1.91 bits per heavy atom. The molecule has 3 aromatic rings. The fourth-order valence-corrected chi connectivity index (χ4v) is 2.28. The van der Waals surface area contributed by atoms with E-state index in [1.54, 1.807) is 29.2 Å². The first kappa shape index (κ1) is 15.2. The van der Waals surface area contributed by atoms with Gasteiger partial charge in [-0.15, -0.1) is 0 Å². The van der Waals surface area contributed by atoms with E-state index in [-0.39, 0.29) is 12.6 Å². The van der Waals surface area contributed by atoms with Gasteiger partial charge in [0.25, 0.3) is 0 Å². The van der Waals surface area contributed by atoms with Crippen LogP contribution in [0.1, 0.15) is 21.5 Å². The number of hydrogen-bond donors (Lipinski definition) is 0. The summed E-state index contributed by atoms with van der Waals surface area (Å²) in [5.41, 5.74) is 2.31. The molecule has 0 unspecified atom stereocenters. The Balaban J connectivity index is 1.60. The van der Waals surface area contributed by atoms with E-state index < -0.39 is 0 Å². The SMILES string of the molecule is O=C(OCc1ccccc1Cl)c1ccc(Cn2cncn2)cc1. The molecule has 0 aliphatic rings. The minimum atomic E-state index is -0.378. The largest absolute Gasteiger partial charge is 0.457 e. The Hall–Kier alpha value is -2.66. The van der Waals surface area contributed by atoms with Crippen LogP contribution in [0, 0.1) is 0 Å². The normalized spacial score (nSPS) is 10.5. The van der Waals surface area contributed by atoms with E-state index >= 15 is 0 Å². The molecule has 5 nitrogen and oxygen atoms in total. The van der Waals surface area contributed by atoms with Crippen LogP contribution in [-0.4, -0.2) is 20.7 Å². The Bertz CT molecular complexity index is 786. The van der Waals surface area contributed by atoms with Crippen molar-refractivity contribution in [3.63, 3.8) is 0 Å². The van der Waals surface area contributed by atoms with Gasteiger partial charge in [-0.1, -0.05) is 41.9 Å². The molecule has 0 saturated heterocycles. The smallest absolute Gasteiger partial charge is 0.338 e. The van der Waals surface area contributed by atoms with Gasteiger partial charge >= 0.3 is 5.97 Å². The van der Waals surface area contributed by atoms with Crippen molar-refractivity contribution in [1.29, 1.82) is 0 Å². The molecule has 0 N–H and O–H groups in total. The Morgan fingerprint density at radius 1 is 1.13 bits per heavy atom. The molecule has 0 spiro atoms. The van der Waals surface area contributed by atoms with Crippen molar-refractivity contribution in [2.45, 2.75) is 13.2 Å². The second-order valence-corrected chi connectivity index (χ2v) is 5.36. The quantitative estimate of drug-likeness (QED) is 0.674. The first-order valence-corrected chi connectivity index (χ1v) is 7.42. The second kappa shape index (κ2) is 7.07. The Kier molecular flexibility index (Phi) is 4.68. The van der Waals surface area contributed by atoms with Gasteiger partial charge in [0.05, 0.1) is 12.1 Å². The van der Waals surface area contributed by atoms with E-state index in [1.807, 2.05) is 30.3 Å². The molecule has 0 aliphatic carbocycles. The number of benzene rings is 2. The van der Waals surface area contributed by atoms with Crippen molar-refractivity contribution >= 4 is 17.6 Å². The number of nitrogens with zero attached hydrogens (tertiary/aromatic N) is 3. The molecule has 1 heterocycles. The molecule has 1 aromatic heterocycles. The van der Waals surface area contributed by atoms with Gasteiger partial charge in [-0.25, -0.2) is 14.5 Å².